The molecule has 0 saturated carbocycles. The molecule has 1 aliphatic rings. The van der Waals surface area contributed by atoms with Gasteiger partial charge in [-0.3, -0.25) is 0 Å². The molecule has 0 fully saturated rings. The lowest BCUT2D eigenvalue weighted by atomic mass is 9.88. The third-order valence-corrected chi connectivity index (χ3v) is 11.0. The molecule has 7 aromatic carbocycles. The second-order valence-corrected chi connectivity index (χ2v) is 15.2. The SMILES string of the molecule is Cc1ccc(N(C2=CCC(C(C)C)C=C2)c2cc3c4ccccc4c(N(c4ccc(C)cc4)c4ccc(C(C)C)cc4)cc3c3ccccc23)cc1. The van der Waals surface area contributed by atoms with Crippen LogP contribution in [0.15, 0.2) is 157 Å². The number of fused-ring (bicyclic) bond motifs is 5. The topological polar surface area (TPSA) is 6.48 Å². The van der Waals surface area contributed by atoms with Crippen LogP contribution in [-0.2, 0) is 0 Å². The number of hydrogen-bond acceptors (Lipinski definition) is 2. The molecular formula is C50H48N2. The molecule has 1 unspecified atom stereocenters. The van der Waals surface area contributed by atoms with Crippen LogP contribution < -0.4 is 9.80 Å². The lowest BCUT2D eigenvalue weighted by Gasteiger charge is -2.32. The minimum Gasteiger partial charge on any atom is -0.310 e. The minimum absolute atomic E-state index is 0.472. The normalized spacial score (nSPS) is 14.5. The van der Waals surface area contributed by atoms with Crippen LogP contribution in [0.3, 0.4) is 0 Å². The number of rotatable bonds is 8. The van der Waals surface area contributed by atoms with E-state index < -0.39 is 0 Å². The average Bonchev–Trinajstić information content (AvgIpc) is 3.17. The van der Waals surface area contributed by atoms with E-state index in [0.29, 0.717) is 17.8 Å². The summed E-state index contributed by atoms with van der Waals surface area (Å²) in [5, 5.41) is 7.46. The Labute approximate surface area is 309 Å². The molecule has 2 nitrogen and oxygen atoms in total. The molecule has 8 rings (SSSR count). The molecule has 0 heterocycles. The molecular weight excluding hydrogens is 629 g/mol. The van der Waals surface area contributed by atoms with Crippen molar-refractivity contribution in [1.29, 1.82) is 0 Å². The van der Waals surface area contributed by atoms with Gasteiger partial charge in [0.25, 0.3) is 0 Å². The van der Waals surface area contributed by atoms with Gasteiger partial charge in [0.1, 0.15) is 0 Å². The van der Waals surface area contributed by atoms with Crippen molar-refractivity contribution in [2.75, 3.05) is 9.80 Å². The van der Waals surface area contributed by atoms with Crippen molar-refractivity contribution in [1.82, 2.24) is 0 Å². The Morgan fingerprint density at radius 1 is 0.500 bits per heavy atom. The second kappa shape index (κ2) is 13.8. The van der Waals surface area contributed by atoms with E-state index in [2.05, 4.69) is 203 Å². The third kappa shape index (κ3) is 6.17. The Morgan fingerprint density at radius 3 is 1.38 bits per heavy atom. The monoisotopic (exact) mass is 676 g/mol. The van der Waals surface area contributed by atoms with Crippen LogP contribution in [0.1, 0.15) is 56.7 Å². The van der Waals surface area contributed by atoms with Crippen LogP contribution in [0.4, 0.5) is 28.4 Å². The standard InChI is InChI=1S/C50H48N2/c1-33(2)37-19-27-41(28-20-37)51(39-23-15-35(5)16-24-39)49-31-47-44-12-8-10-14-46(44)50(32-48(47)43-11-7-9-13-45(43)49)52(40-25-17-36(6)18-26-40)42-29-21-38(22-30-42)34(3)4/h7-21,23-34,38H,22H2,1-6H3. The summed E-state index contributed by atoms with van der Waals surface area (Å²) in [6, 6.07) is 49.9. The number of anilines is 5. The molecule has 0 radical (unpaired) electrons. The van der Waals surface area contributed by atoms with Crippen LogP contribution in [0, 0.1) is 25.7 Å². The third-order valence-electron chi connectivity index (χ3n) is 11.0. The summed E-state index contributed by atoms with van der Waals surface area (Å²) in [4.78, 5) is 4.92. The molecule has 0 spiro atoms. The molecule has 1 atom stereocenters. The zero-order chi connectivity index (χ0) is 35.9. The van der Waals surface area contributed by atoms with Gasteiger partial charge in [0.2, 0.25) is 0 Å². The van der Waals surface area contributed by atoms with Crippen LogP contribution in [-0.4, -0.2) is 0 Å². The fourth-order valence-corrected chi connectivity index (χ4v) is 7.82. The molecule has 0 aromatic heterocycles. The minimum atomic E-state index is 0.472. The maximum Gasteiger partial charge on any atom is 0.0546 e. The zero-order valence-corrected chi connectivity index (χ0v) is 31.3. The molecule has 7 aromatic rings. The van der Waals surface area contributed by atoms with Gasteiger partial charge in [-0.1, -0.05) is 136 Å². The summed E-state index contributed by atoms with van der Waals surface area (Å²) in [7, 11) is 0. The molecule has 0 aliphatic heterocycles. The molecule has 258 valence electrons. The van der Waals surface area contributed by atoms with Gasteiger partial charge >= 0.3 is 0 Å². The average molecular weight is 677 g/mol. The Balaban J connectivity index is 1.41. The van der Waals surface area contributed by atoms with Crippen LogP contribution in [0.25, 0.3) is 32.3 Å². The number of benzene rings is 7. The summed E-state index contributed by atoms with van der Waals surface area (Å²) >= 11 is 0. The first-order valence-electron chi connectivity index (χ1n) is 18.9. The fourth-order valence-electron chi connectivity index (χ4n) is 7.82. The number of hydrogen-bond donors (Lipinski definition) is 0. The van der Waals surface area contributed by atoms with E-state index >= 15 is 0 Å². The van der Waals surface area contributed by atoms with E-state index in [1.165, 1.54) is 71.8 Å². The first kappa shape index (κ1) is 33.5. The molecule has 0 N–H and O–H groups in total. The van der Waals surface area contributed by atoms with Gasteiger partial charge in [0.15, 0.2) is 0 Å². The number of nitrogens with zero attached hydrogens (tertiary/aromatic N) is 2. The summed E-state index contributed by atoms with van der Waals surface area (Å²) < 4.78 is 0. The van der Waals surface area contributed by atoms with Crippen molar-refractivity contribution in [3.05, 3.63) is 174 Å². The smallest absolute Gasteiger partial charge is 0.0546 e. The maximum absolute atomic E-state index is 2.48. The predicted octanol–water partition coefficient (Wildman–Crippen LogP) is 14.6. The van der Waals surface area contributed by atoms with Crippen LogP contribution in [0.5, 0.6) is 0 Å². The fraction of sp³-hybridized carbons (Fsp3) is 0.200. The molecule has 1 aliphatic carbocycles. The van der Waals surface area contributed by atoms with Crippen LogP contribution in [0.2, 0.25) is 0 Å². The van der Waals surface area contributed by atoms with Gasteiger partial charge in [-0.05, 0) is 120 Å². The zero-order valence-electron chi connectivity index (χ0n) is 31.3. The van der Waals surface area contributed by atoms with E-state index in [1.54, 1.807) is 0 Å². The highest BCUT2D eigenvalue weighted by atomic mass is 15.2. The highest BCUT2D eigenvalue weighted by molar-refractivity contribution is 6.24. The first-order valence-corrected chi connectivity index (χ1v) is 18.9. The van der Waals surface area contributed by atoms with E-state index in [-0.39, 0.29) is 0 Å². The number of aryl methyl sites for hydroxylation is 2. The van der Waals surface area contributed by atoms with Crippen molar-refractivity contribution in [3.8, 4) is 0 Å². The highest BCUT2D eigenvalue weighted by Gasteiger charge is 2.24. The summed E-state index contributed by atoms with van der Waals surface area (Å²) in [5.74, 6) is 1.63. The molecule has 0 amide bonds. The Morgan fingerprint density at radius 2 is 0.942 bits per heavy atom. The summed E-state index contributed by atoms with van der Waals surface area (Å²) in [5.41, 5.74) is 10.9. The first-order chi connectivity index (χ1) is 25.3. The maximum atomic E-state index is 2.48. The molecule has 0 saturated heterocycles. The van der Waals surface area contributed by atoms with Crippen LogP contribution >= 0.6 is 0 Å². The van der Waals surface area contributed by atoms with Gasteiger partial charge in [0.05, 0.1) is 11.4 Å². The lowest BCUT2D eigenvalue weighted by Crippen LogP contribution is -2.19. The Hall–Kier alpha value is -5.60. The Bertz CT molecular complexity index is 2450. The molecule has 2 heteroatoms. The molecule has 0 bridgehead atoms. The lowest BCUT2D eigenvalue weighted by molar-refractivity contribution is 0.466. The van der Waals surface area contributed by atoms with Crippen molar-refractivity contribution >= 4 is 60.8 Å². The Kier molecular flexibility index (Phi) is 8.93. The van der Waals surface area contributed by atoms with Crippen molar-refractivity contribution in [2.24, 2.45) is 11.8 Å². The van der Waals surface area contributed by atoms with E-state index in [9.17, 15) is 0 Å². The van der Waals surface area contributed by atoms with Crippen molar-refractivity contribution in [2.45, 2.75) is 53.9 Å². The van der Waals surface area contributed by atoms with Gasteiger partial charge in [-0.25, -0.2) is 0 Å². The van der Waals surface area contributed by atoms with E-state index in [0.717, 1.165) is 17.8 Å². The highest BCUT2D eigenvalue weighted by Crippen LogP contribution is 2.47. The number of allylic oxidation sites excluding steroid dienone is 3. The van der Waals surface area contributed by atoms with Crippen molar-refractivity contribution in [3.63, 3.8) is 0 Å². The van der Waals surface area contributed by atoms with Gasteiger partial charge in [-0.15, -0.1) is 0 Å². The largest absolute Gasteiger partial charge is 0.310 e. The second-order valence-electron chi connectivity index (χ2n) is 15.2. The predicted molar refractivity (Wildman–Crippen MR) is 226 cm³/mol. The van der Waals surface area contributed by atoms with E-state index in [4.69, 9.17) is 0 Å². The van der Waals surface area contributed by atoms with Gasteiger partial charge < -0.3 is 9.80 Å². The van der Waals surface area contributed by atoms with Gasteiger partial charge in [0, 0.05) is 33.5 Å². The summed E-state index contributed by atoms with van der Waals surface area (Å²) in [6.07, 6.45) is 8.24. The van der Waals surface area contributed by atoms with Gasteiger partial charge in [-0.2, -0.15) is 0 Å². The quantitative estimate of drug-likeness (QED) is 0.148. The van der Waals surface area contributed by atoms with Crippen molar-refractivity contribution < 1.29 is 0 Å². The molecule has 52 heavy (non-hydrogen) atoms. The van der Waals surface area contributed by atoms with E-state index in [1.807, 2.05) is 0 Å². The summed E-state index contributed by atoms with van der Waals surface area (Å²) in [6.45, 7) is 13.5.